The van der Waals surface area contributed by atoms with E-state index in [1.54, 1.807) is 78.9 Å². The number of anilines is 3. The van der Waals surface area contributed by atoms with Crippen molar-refractivity contribution in [3.63, 3.8) is 0 Å². The van der Waals surface area contributed by atoms with Crippen LogP contribution in [0.15, 0.2) is 107 Å². The highest BCUT2D eigenvalue weighted by atomic mass is 32.1. The molecule has 5 aliphatic heterocycles. The molecule has 0 aliphatic carbocycles. The molecule has 8 heterocycles. The van der Waals surface area contributed by atoms with Gasteiger partial charge in [-0.05, 0) is 118 Å². The lowest BCUT2D eigenvalue weighted by Gasteiger charge is -2.53. The molecule has 6 aromatic rings. The Kier molecular flexibility index (Phi) is 39.0. The van der Waals surface area contributed by atoms with Crippen LogP contribution in [0.1, 0.15) is 109 Å². The molecule has 5 aliphatic rings. The van der Waals surface area contributed by atoms with Crippen molar-refractivity contribution < 1.29 is 119 Å². The molecule has 714 valence electrons. The number of ether oxygens (including phenoxy) is 10. The largest absolute Gasteiger partial charge is 0.507 e. The van der Waals surface area contributed by atoms with Gasteiger partial charge in [-0.3, -0.25) is 62.5 Å². The second kappa shape index (κ2) is 50.5. The van der Waals surface area contributed by atoms with E-state index in [2.05, 4.69) is 61.6 Å². The SMILES string of the molecule is Cc1ncsc1-c1ccc([C@H](C)NC(=O)[C@@H]2C[C@@H](OP(=O)(O)O)CN2C(=O)[C@@H](c2cc(OCCN3CCC(N4CCN5c6cc(-c7ccccc7O)nnc6N(C(=O)OCc6ccc(NC(=O)[C@H](C)NC(=O)[C@@H](NC(=O)CCOCCOCCOCCOCCOCCOCCOCCOCCNC(=O)CN7C(=O)C=CC7=O)C(C)C)cc6)[C@@H](C)[C@@H]5C4)CC3)no2)C(C)C)cc1. The number of hydrogen-bond donors (Lipinski definition) is 8. The van der Waals surface area contributed by atoms with Gasteiger partial charge >= 0.3 is 13.9 Å². The van der Waals surface area contributed by atoms with Gasteiger partial charge in [-0.1, -0.05) is 76.2 Å². The number of amides is 9. The minimum Gasteiger partial charge on any atom is -0.507 e. The number of para-hydroxylation sites is 1. The number of phosphoric ester groups is 1. The van der Waals surface area contributed by atoms with Crippen LogP contribution < -0.4 is 41.1 Å². The van der Waals surface area contributed by atoms with Crippen molar-refractivity contribution in [2.24, 2.45) is 11.8 Å². The average molecular weight is 1870 g/mol. The van der Waals surface area contributed by atoms with Gasteiger partial charge in [0.1, 0.15) is 49.6 Å². The number of likely N-dealkylation sites (tertiary alicyclic amines) is 2. The van der Waals surface area contributed by atoms with E-state index in [9.17, 15) is 62.6 Å². The topological polar surface area (TPSA) is 477 Å². The Labute approximate surface area is 764 Å². The molecule has 11 rings (SSSR count). The summed E-state index contributed by atoms with van der Waals surface area (Å²) in [6.45, 7) is 23.6. The van der Waals surface area contributed by atoms with Crippen molar-refractivity contribution >= 4 is 89.7 Å². The van der Waals surface area contributed by atoms with Crippen molar-refractivity contribution in [3.8, 4) is 33.3 Å². The molecule has 3 aromatic carbocycles. The zero-order chi connectivity index (χ0) is 93.5. The number of nitrogens with zero attached hydrogens (tertiary/aromatic N) is 10. The van der Waals surface area contributed by atoms with Crippen molar-refractivity contribution in [1.29, 1.82) is 0 Å². The maximum Gasteiger partial charge on any atom is 0.469 e. The van der Waals surface area contributed by atoms with E-state index < -0.39 is 103 Å². The zero-order valence-corrected chi connectivity index (χ0v) is 76.9. The van der Waals surface area contributed by atoms with Crippen molar-refractivity contribution in [3.05, 3.63) is 125 Å². The summed E-state index contributed by atoms with van der Waals surface area (Å²) in [7, 11) is -5.00. The van der Waals surface area contributed by atoms with E-state index in [0.29, 0.717) is 133 Å². The third-order valence-corrected chi connectivity index (χ3v) is 24.5. The molecule has 8 atom stereocenters. The summed E-state index contributed by atoms with van der Waals surface area (Å²) in [6, 6.07) is 20.8. The van der Waals surface area contributed by atoms with E-state index in [4.69, 9.17) is 56.4 Å². The summed E-state index contributed by atoms with van der Waals surface area (Å²) in [5, 5.41) is 38.2. The summed E-state index contributed by atoms with van der Waals surface area (Å²) < 4.78 is 79.3. The van der Waals surface area contributed by atoms with Crippen LogP contribution in [0.5, 0.6) is 11.6 Å². The predicted molar refractivity (Wildman–Crippen MR) is 478 cm³/mol. The number of carbonyl (C=O) groups excluding carboxylic acids is 9. The number of nitrogens with one attached hydrogen (secondary N) is 5. The predicted octanol–water partition coefficient (Wildman–Crippen LogP) is 5.69. The first-order valence-electron chi connectivity index (χ1n) is 44.3. The highest BCUT2D eigenvalue weighted by Crippen LogP contribution is 2.44. The average Bonchev–Trinajstić information content (AvgIpc) is 1.73. The quantitative estimate of drug-likeness (QED) is 0.0129. The van der Waals surface area contributed by atoms with Gasteiger partial charge in [0.25, 0.3) is 17.7 Å². The Balaban J connectivity index is 0.553. The number of rotatable bonds is 52. The van der Waals surface area contributed by atoms with Gasteiger partial charge in [-0.2, -0.15) is 0 Å². The minimum atomic E-state index is -5.00. The molecule has 0 saturated carbocycles. The number of thiazole rings is 1. The van der Waals surface area contributed by atoms with Crippen LogP contribution in [-0.2, 0) is 96.7 Å². The molecule has 3 saturated heterocycles. The molecule has 9 amide bonds. The second-order valence-corrected chi connectivity index (χ2v) is 35.0. The zero-order valence-electron chi connectivity index (χ0n) is 75.2. The lowest BCUT2D eigenvalue weighted by atomic mass is 9.91. The number of imide groups is 1. The smallest absolute Gasteiger partial charge is 0.469 e. The van der Waals surface area contributed by atoms with Gasteiger partial charge in [0.05, 0.1) is 157 Å². The monoisotopic (exact) mass is 1860 g/mol. The first-order chi connectivity index (χ1) is 63.1. The number of hydrogen-bond acceptors (Lipinski definition) is 31. The first kappa shape index (κ1) is 101. The lowest BCUT2D eigenvalue weighted by molar-refractivity contribution is -0.141. The Hall–Kier alpha value is -10.3. The standard InChI is InChI=1S/C89H122N15O25PS/c1-57(2)81(88(113)102-52-68(129-130(115,116)117)49-72(102)86(111)92-59(5)64-15-17-65(18-16-64)83-60(6)91-56-131-83)75-51-78(98-128-75)126-34-31-99-27-23-67(24-28-99)100-29-30-101-71-50-70(69-11-9-10-12-74(69)105)96-97-84(71)104(62(8)73(101)53-100)89(114)127-55-63-13-19-66(20-14-63)94-85(110)61(7)93-87(112)82(58(3)4)95-76(106)25-32-118-35-37-120-39-41-122-43-45-124-47-48-125-46-44-123-42-40-121-38-36-119-33-26-90-77(107)54-103-79(108)21-22-80(103)109/h9-22,50-51,56-59,61-62,67-68,72-73,81-82,105H,23-49,52-55H2,1-8H3,(H,90,107)(H,92,111)(H,93,112)(H,94,110)(H,95,106)(H2,115,116,117)/t59-,61-,62-,68+,72-,73-,81+,82-/m0/s1. The van der Waals surface area contributed by atoms with Gasteiger partial charge in [0, 0.05) is 87.6 Å². The molecule has 8 N–H and O–H groups in total. The molecule has 40 nitrogen and oxygen atoms in total. The Morgan fingerprint density at radius 2 is 1.29 bits per heavy atom. The number of phenolic OH excluding ortho intramolecular Hbond substituents is 1. The third kappa shape index (κ3) is 30.1. The second-order valence-electron chi connectivity index (χ2n) is 33.0. The number of aromatic nitrogens is 4. The molecule has 3 aromatic heterocycles. The maximum atomic E-state index is 14.7. The van der Waals surface area contributed by atoms with Crippen LogP contribution >= 0.6 is 19.2 Å². The van der Waals surface area contributed by atoms with Crippen LogP contribution in [0.3, 0.4) is 0 Å². The maximum absolute atomic E-state index is 14.7. The Bertz CT molecular complexity index is 4810. The van der Waals surface area contributed by atoms with E-state index in [-0.39, 0.29) is 113 Å². The number of aromatic hydroxyl groups is 1. The third-order valence-electron chi connectivity index (χ3n) is 22.9. The lowest BCUT2D eigenvalue weighted by Crippen LogP contribution is -2.66. The molecular formula is C89H122N15O25PS. The summed E-state index contributed by atoms with van der Waals surface area (Å²) in [5.74, 6) is -4.85. The number of phosphoric acid groups is 1. The van der Waals surface area contributed by atoms with E-state index >= 15 is 0 Å². The number of aryl methyl sites for hydroxylation is 1. The molecule has 131 heavy (non-hydrogen) atoms. The van der Waals surface area contributed by atoms with Crippen LogP contribution in [0.25, 0.3) is 21.7 Å². The summed E-state index contributed by atoms with van der Waals surface area (Å²) in [4.78, 5) is 154. The molecule has 3 fully saturated rings. The number of piperazine rings is 1. The molecule has 0 spiro atoms. The highest BCUT2D eigenvalue weighted by Gasteiger charge is 2.48. The van der Waals surface area contributed by atoms with Crippen LogP contribution in [0.2, 0.25) is 0 Å². The summed E-state index contributed by atoms with van der Waals surface area (Å²) in [5.41, 5.74) is 7.12. The first-order valence-corrected chi connectivity index (χ1v) is 46.7. The van der Waals surface area contributed by atoms with Gasteiger partial charge in [-0.15, -0.1) is 21.5 Å². The Morgan fingerprint density at radius 1 is 0.672 bits per heavy atom. The fraction of sp³-hybridized carbons (Fsp3) is 0.562. The Morgan fingerprint density at radius 3 is 1.89 bits per heavy atom. The van der Waals surface area contributed by atoms with Crippen LogP contribution in [0, 0.1) is 18.8 Å². The van der Waals surface area contributed by atoms with Crippen molar-refractivity contribution in [2.45, 2.75) is 142 Å². The highest BCUT2D eigenvalue weighted by molar-refractivity contribution is 7.46. The normalized spacial score (nSPS) is 18.2. The van der Waals surface area contributed by atoms with E-state index in [1.807, 2.05) is 65.0 Å². The number of piperidine rings is 1. The van der Waals surface area contributed by atoms with Crippen molar-refractivity contribution in [1.82, 2.24) is 61.2 Å². The fourth-order valence-electron chi connectivity index (χ4n) is 15.9. The number of phenols is 1. The van der Waals surface area contributed by atoms with Gasteiger partial charge in [0.2, 0.25) is 35.4 Å². The summed E-state index contributed by atoms with van der Waals surface area (Å²) >= 11 is 1.53. The van der Waals surface area contributed by atoms with Gasteiger partial charge < -0.3 is 103 Å². The molecule has 0 bridgehead atoms. The minimum absolute atomic E-state index is 0.0146. The molecular weight excluding hydrogens is 1740 g/mol. The molecule has 0 radical (unpaired) electrons. The van der Waals surface area contributed by atoms with Gasteiger partial charge in [0.15, 0.2) is 11.6 Å². The van der Waals surface area contributed by atoms with E-state index in [1.165, 1.54) is 23.2 Å². The number of fused-ring (bicyclic) bond motifs is 3. The van der Waals surface area contributed by atoms with Gasteiger partial charge in [-0.25, -0.2) is 14.3 Å². The molecule has 42 heteroatoms. The number of benzene rings is 3. The fourth-order valence-corrected chi connectivity index (χ4v) is 17.2. The van der Waals surface area contributed by atoms with Crippen LogP contribution in [-0.4, -0.2) is 322 Å². The summed E-state index contributed by atoms with van der Waals surface area (Å²) in [6.07, 6.45) is 2.02. The van der Waals surface area contributed by atoms with Crippen molar-refractivity contribution in [2.75, 3.05) is 186 Å². The molecule has 0 unspecified atom stereocenters. The van der Waals surface area contributed by atoms with Crippen LogP contribution in [0.4, 0.5) is 22.0 Å². The van der Waals surface area contributed by atoms with E-state index in [0.717, 1.165) is 71.2 Å². The number of carbonyl (C=O) groups is 9.